The molecule has 2 aromatic carbocycles. The molecule has 1 N–H and O–H groups in total. The zero-order chi connectivity index (χ0) is 17.4. The number of aryl methyl sites for hydroxylation is 2. The summed E-state index contributed by atoms with van der Waals surface area (Å²) in [5.41, 5.74) is 2.07. The highest BCUT2D eigenvalue weighted by Gasteiger charge is 2.10. The molecule has 0 atom stereocenters. The van der Waals surface area contributed by atoms with Gasteiger partial charge in [0.2, 0.25) is 10.0 Å². The van der Waals surface area contributed by atoms with Crippen molar-refractivity contribution in [2.45, 2.75) is 13.3 Å². The molecule has 6 heteroatoms. The molecule has 0 aliphatic rings. The minimum absolute atomic E-state index is 0.0604. The second kappa shape index (κ2) is 8.70. The van der Waals surface area contributed by atoms with Crippen LogP contribution in [0.15, 0.2) is 48.5 Å². The monoisotopic (exact) mass is 349 g/mol. The Morgan fingerprint density at radius 3 is 2.50 bits per heavy atom. The van der Waals surface area contributed by atoms with E-state index in [1.54, 1.807) is 7.11 Å². The molecule has 0 spiro atoms. The summed E-state index contributed by atoms with van der Waals surface area (Å²) < 4.78 is 37.4. The Kier molecular flexibility index (Phi) is 6.63. The van der Waals surface area contributed by atoms with E-state index < -0.39 is 10.0 Å². The lowest BCUT2D eigenvalue weighted by molar-refractivity contribution is 0.298. The molecule has 0 saturated carbocycles. The summed E-state index contributed by atoms with van der Waals surface area (Å²) in [6.45, 7) is 2.42. The van der Waals surface area contributed by atoms with Crippen LogP contribution in [0, 0.1) is 6.92 Å². The summed E-state index contributed by atoms with van der Waals surface area (Å²) >= 11 is 0. The molecule has 0 aromatic heterocycles. The zero-order valence-electron chi connectivity index (χ0n) is 14.0. The van der Waals surface area contributed by atoms with Crippen LogP contribution in [0.1, 0.15) is 11.1 Å². The van der Waals surface area contributed by atoms with E-state index in [0.29, 0.717) is 17.9 Å². The van der Waals surface area contributed by atoms with E-state index in [0.717, 1.165) is 11.1 Å². The van der Waals surface area contributed by atoms with Crippen molar-refractivity contribution in [3.05, 3.63) is 59.7 Å². The lowest BCUT2D eigenvalue weighted by atomic mass is 10.2. The van der Waals surface area contributed by atoms with Gasteiger partial charge in [-0.15, -0.1) is 0 Å². The fraction of sp³-hybridized carbons (Fsp3) is 0.333. The summed E-state index contributed by atoms with van der Waals surface area (Å²) in [6.07, 6.45) is 0.489. The van der Waals surface area contributed by atoms with Crippen LogP contribution in [0.3, 0.4) is 0 Å². The van der Waals surface area contributed by atoms with E-state index >= 15 is 0 Å². The van der Waals surface area contributed by atoms with Gasteiger partial charge in [-0.1, -0.05) is 36.4 Å². The summed E-state index contributed by atoms with van der Waals surface area (Å²) in [4.78, 5) is 0. The van der Waals surface area contributed by atoms with E-state index in [1.165, 1.54) is 0 Å². The molecule has 0 saturated heterocycles. The Bertz CT molecular complexity index is 745. The molecule has 0 bridgehead atoms. The quantitative estimate of drug-likeness (QED) is 0.707. The molecule has 0 radical (unpaired) electrons. The lowest BCUT2D eigenvalue weighted by Crippen LogP contribution is -2.31. The van der Waals surface area contributed by atoms with Crippen LogP contribution in [0.2, 0.25) is 0 Å². The summed E-state index contributed by atoms with van der Waals surface area (Å²) in [7, 11) is -1.74. The Morgan fingerprint density at radius 2 is 1.79 bits per heavy atom. The minimum Gasteiger partial charge on any atom is -0.493 e. The predicted octanol–water partition coefficient (Wildman–Crippen LogP) is 2.54. The summed E-state index contributed by atoms with van der Waals surface area (Å²) in [5, 5.41) is 0. The SMILES string of the molecule is COc1cc(C)ccc1OCCNS(=O)(=O)CCc1ccccc1. The van der Waals surface area contributed by atoms with Crippen molar-refractivity contribution in [2.24, 2.45) is 0 Å². The fourth-order valence-corrected chi connectivity index (χ4v) is 3.26. The van der Waals surface area contributed by atoms with Crippen molar-refractivity contribution in [3.63, 3.8) is 0 Å². The number of hydrogen-bond donors (Lipinski definition) is 1. The maximum Gasteiger partial charge on any atom is 0.212 e. The number of benzene rings is 2. The molecule has 0 heterocycles. The number of nitrogens with one attached hydrogen (secondary N) is 1. The first-order chi connectivity index (χ1) is 11.5. The molecule has 0 aliphatic carbocycles. The smallest absolute Gasteiger partial charge is 0.212 e. The van der Waals surface area contributed by atoms with Gasteiger partial charge in [-0.25, -0.2) is 13.1 Å². The van der Waals surface area contributed by atoms with Gasteiger partial charge in [0.1, 0.15) is 6.61 Å². The molecule has 0 fully saturated rings. The number of ether oxygens (including phenoxy) is 2. The standard InChI is InChI=1S/C18H23NO4S/c1-15-8-9-17(18(14-15)22-2)23-12-11-19-24(20,21)13-10-16-6-4-3-5-7-16/h3-9,14,19H,10-13H2,1-2H3. The third-order valence-corrected chi connectivity index (χ3v) is 4.89. The summed E-state index contributed by atoms with van der Waals surface area (Å²) in [6, 6.07) is 15.2. The number of methoxy groups -OCH3 is 1. The number of sulfonamides is 1. The second-order valence-corrected chi connectivity index (χ2v) is 7.38. The van der Waals surface area contributed by atoms with Gasteiger partial charge >= 0.3 is 0 Å². The number of hydrogen-bond acceptors (Lipinski definition) is 4. The molecule has 0 aliphatic heterocycles. The molecule has 24 heavy (non-hydrogen) atoms. The third kappa shape index (κ3) is 5.86. The zero-order valence-corrected chi connectivity index (χ0v) is 14.8. The van der Waals surface area contributed by atoms with Gasteiger partial charge in [0.15, 0.2) is 11.5 Å². The molecule has 5 nitrogen and oxygen atoms in total. The fourth-order valence-electron chi connectivity index (χ4n) is 2.22. The first kappa shape index (κ1) is 18.3. The highest BCUT2D eigenvalue weighted by molar-refractivity contribution is 7.89. The van der Waals surface area contributed by atoms with E-state index in [4.69, 9.17) is 9.47 Å². The van der Waals surface area contributed by atoms with Crippen molar-refractivity contribution < 1.29 is 17.9 Å². The van der Waals surface area contributed by atoms with Crippen LogP contribution in [0.25, 0.3) is 0 Å². The Labute approximate surface area is 143 Å². The molecule has 2 aromatic rings. The Balaban J connectivity index is 1.77. The van der Waals surface area contributed by atoms with Gasteiger partial charge < -0.3 is 9.47 Å². The van der Waals surface area contributed by atoms with Gasteiger partial charge in [-0.2, -0.15) is 0 Å². The molecule has 0 unspecified atom stereocenters. The van der Waals surface area contributed by atoms with E-state index in [-0.39, 0.29) is 18.9 Å². The second-order valence-electron chi connectivity index (χ2n) is 5.45. The van der Waals surface area contributed by atoms with Gasteiger partial charge in [-0.05, 0) is 36.6 Å². The van der Waals surface area contributed by atoms with Crippen LogP contribution in [0.4, 0.5) is 0 Å². The van der Waals surface area contributed by atoms with Crippen LogP contribution in [-0.4, -0.2) is 34.4 Å². The molecular formula is C18H23NO4S. The van der Waals surface area contributed by atoms with Crippen LogP contribution >= 0.6 is 0 Å². The van der Waals surface area contributed by atoms with Crippen LogP contribution in [0.5, 0.6) is 11.5 Å². The normalized spacial score (nSPS) is 11.2. The molecule has 2 rings (SSSR count). The average Bonchev–Trinajstić information content (AvgIpc) is 2.59. The highest BCUT2D eigenvalue weighted by Crippen LogP contribution is 2.27. The van der Waals surface area contributed by atoms with Crippen molar-refractivity contribution in [1.82, 2.24) is 4.72 Å². The Morgan fingerprint density at radius 1 is 1.04 bits per heavy atom. The lowest BCUT2D eigenvalue weighted by Gasteiger charge is -2.12. The molecular weight excluding hydrogens is 326 g/mol. The average molecular weight is 349 g/mol. The maximum absolute atomic E-state index is 12.0. The van der Waals surface area contributed by atoms with Crippen molar-refractivity contribution in [3.8, 4) is 11.5 Å². The van der Waals surface area contributed by atoms with E-state index in [2.05, 4.69) is 4.72 Å². The van der Waals surface area contributed by atoms with Crippen molar-refractivity contribution in [2.75, 3.05) is 26.0 Å². The van der Waals surface area contributed by atoms with Gasteiger partial charge in [0.25, 0.3) is 0 Å². The first-order valence-corrected chi connectivity index (χ1v) is 9.44. The van der Waals surface area contributed by atoms with Crippen molar-refractivity contribution in [1.29, 1.82) is 0 Å². The van der Waals surface area contributed by atoms with Crippen LogP contribution < -0.4 is 14.2 Å². The third-order valence-electron chi connectivity index (χ3n) is 3.50. The van der Waals surface area contributed by atoms with E-state index in [9.17, 15) is 8.42 Å². The molecule has 0 amide bonds. The molecule has 130 valence electrons. The van der Waals surface area contributed by atoms with Gasteiger partial charge in [0, 0.05) is 6.54 Å². The predicted molar refractivity (Wildman–Crippen MR) is 95.2 cm³/mol. The number of rotatable bonds is 9. The van der Waals surface area contributed by atoms with Crippen molar-refractivity contribution >= 4 is 10.0 Å². The largest absolute Gasteiger partial charge is 0.493 e. The first-order valence-electron chi connectivity index (χ1n) is 7.79. The highest BCUT2D eigenvalue weighted by atomic mass is 32.2. The topological polar surface area (TPSA) is 64.6 Å². The minimum atomic E-state index is -3.32. The maximum atomic E-state index is 12.0. The van der Waals surface area contributed by atoms with Gasteiger partial charge in [0.05, 0.1) is 12.9 Å². The summed E-state index contributed by atoms with van der Waals surface area (Å²) in [5.74, 6) is 1.30. The van der Waals surface area contributed by atoms with Crippen LogP contribution in [-0.2, 0) is 16.4 Å². The van der Waals surface area contributed by atoms with E-state index in [1.807, 2.05) is 55.5 Å². The Hall–Kier alpha value is -2.05. The van der Waals surface area contributed by atoms with Gasteiger partial charge in [-0.3, -0.25) is 0 Å².